The number of carbonyl (C=O) groups is 1. The maximum atomic E-state index is 13.2. The number of benzene rings is 1. The zero-order valence-corrected chi connectivity index (χ0v) is 17.0. The van der Waals surface area contributed by atoms with Gasteiger partial charge in [-0.25, -0.2) is 0 Å². The number of halogens is 5. The highest BCUT2D eigenvalue weighted by molar-refractivity contribution is 6.30. The number of likely N-dealkylation sites (tertiary alicyclic amines) is 1. The van der Waals surface area contributed by atoms with Gasteiger partial charge in [0.05, 0.1) is 17.3 Å². The van der Waals surface area contributed by atoms with Crippen LogP contribution < -0.4 is 10.6 Å². The van der Waals surface area contributed by atoms with Crippen LogP contribution in [-0.2, 0) is 11.0 Å². The molecule has 154 valence electrons. The minimum absolute atomic E-state index is 0. The summed E-state index contributed by atoms with van der Waals surface area (Å²) in [5.74, 6) is 0.188. The molecule has 1 amide bonds. The summed E-state index contributed by atoms with van der Waals surface area (Å²) in [6.45, 7) is 4.25. The third-order valence-corrected chi connectivity index (χ3v) is 5.16. The molecule has 1 saturated heterocycles. The number of hydrogen-bond acceptors (Lipinski definition) is 3. The van der Waals surface area contributed by atoms with E-state index in [0.717, 1.165) is 45.0 Å². The highest BCUT2D eigenvalue weighted by Crippen LogP contribution is 2.36. The molecule has 0 bridgehead atoms. The van der Waals surface area contributed by atoms with Gasteiger partial charge < -0.3 is 10.6 Å². The summed E-state index contributed by atoms with van der Waals surface area (Å²) in [4.78, 5) is 14.5. The summed E-state index contributed by atoms with van der Waals surface area (Å²) in [5, 5.41) is 5.53. The molecular weight excluding hydrogens is 402 g/mol. The Balaban J connectivity index is 0.00000364. The van der Waals surface area contributed by atoms with E-state index in [1.54, 1.807) is 6.92 Å². The van der Waals surface area contributed by atoms with Gasteiger partial charge in [-0.3, -0.25) is 9.69 Å². The average molecular weight is 428 g/mol. The summed E-state index contributed by atoms with van der Waals surface area (Å²) >= 11 is 5.67. The van der Waals surface area contributed by atoms with Crippen molar-refractivity contribution in [3.63, 3.8) is 0 Å². The first kappa shape index (κ1) is 24.0. The molecule has 1 atom stereocenters. The van der Waals surface area contributed by atoms with Gasteiger partial charge in [-0.05, 0) is 77.0 Å². The fourth-order valence-corrected chi connectivity index (χ4v) is 3.41. The van der Waals surface area contributed by atoms with Crippen molar-refractivity contribution in [2.24, 2.45) is 5.92 Å². The second kappa shape index (κ2) is 10.5. The molecule has 2 rings (SSSR count). The van der Waals surface area contributed by atoms with Crippen LogP contribution in [0.15, 0.2) is 18.2 Å². The fourth-order valence-electron chi connectivity index (χ4n) is 3.24. The molecule has 2 N–H and O–H groups in total. The van der Waals surface area contributed by atoms with Crippen LogP contribution in [0.4, 0.5) is 18.9 Å². The molecule has 1 aromatic carbocycles. The van der Waals surface area contributed by atoms with Crippen molar-refractivity contribution < 1.29 is 18.0 Å². The van der Waals surface area contributed by atoms with Crippen LogP contribution in [0, 0.1) is 5.92 Å². The lowest BCUT2D eigenvalue weighted by molar-refractivity contribution is -0.137. The number of nitrogens with zero attached hydrogens (tertiary/aromatic N) is 1. The first-order valence-electron chi connectivity index (χ1n) is 8.78. The van der Waals surface area contributed by atoms with Crippen LogP contribution in [0.25, 0.3) is 0 Å². The summed E-state index contributed by atoms with van der Waals surface area (Å²) in [5.41, 5.74) is -1.20. The van der Waals surface area contributed by atoms with Crippen LogP contribution in [0.3, 0.4) is 0 Å². The second-order valence-corrected chi connectivity index (χ2v) is 7.16. The molecule has 4 nitrogen and oxygen atoms in total. The van der Waals surface area contributed by atoms with Crippen molar-refractivity contribution >= 4 is 35.6 Å². The van der Waals surface area contributed by atoms with Crippen molar-refractivity contribution in [2.45, 2.75) is 38.4 Å². The van der Waals surface area contributed by atoms with Gasteiger partial charge >= 0.3 is 6.18 Å². The summed E-state index contributed by atoms with van der Waals surface area (Å²) in [6.07, 6.45) is -1.49. The predicted molar refractivity (Wildman–Crippen MR) is 105 cm³/mol. The van der Waals surface area contributed by atoms with E-state index in [4.69, 9.17) is 11.6 Å². The van der Waals surface area contributed by atoms with Gasteiger partial charge in [0.15, 0.2) is 0 Å². The van der Waals surface area contributed by atoms with E-state index in [1.165, 1.54) is 12.1 Å². The fraction of sp³-hybridized carbons (Fsp3) is 0.611. The first-order chi connectivity index (χ1) is 12.2. The number of hydrogen-bond donors (Lipinski definition) is 2. The van der Waals surface area contributed by atoms with Gasteiger partial charge in [-0.1, -0.05) is 11.6 Å². The Labute approximate surface area is 169 Å². The average Bonchev–Trinajstić information content (AvgIpc) is 2.60. The Bertz CT molecular complexity index is 620. The summed E-state index contributed by atoms with van der Waals surface area (Å²) < 4.78 is 39.5. The normalized spacial score (nSPS) is 17.3. The highest BCUT2D eigenvalue weighted by atomic mass is 35.5. The first-order valence-corrected chi connectivity index (χ1v) is 9.16. The Morgan fingerprint density at radius 2 is 1.96 bits per heavy atom. The Hall–Kier alpha value is -1.02. The molecule has 1 aliphatic rings. The lowest BCUT2D eigenvalue weighted by Gasteiger charge is -2.35. The van der Waals surface area contributed by atoms with E-state index in [0.29, 0.717) is 5.92 Å². The van der Waals surface area contributed by atoms with Crippen LogP contribution >= 0.6 is 24.0 Å². The van der Waals surface area contributed by atoms with Gasteiger partial charge in [0.25, 0.3) is 0 Å². The van der Waals surface area contributed by atoms with Gasteiger partial charge in [-0.15, -0.1) is 12.4 Å². The number of piperidine rings is 1. The third-order valence-electron chi connectivity index (χ3n) is 4.92. The zero-order chi connectivity index (χ0) is 19.3. The van der Waals surface area contributed by atoms with E-state index in [1.807, 2.05) is 11.9 Å². The zero-order valence-electron chi connectivity index (χ0n) is 15.4. The molecule has 1 heterocycles. The topological polar surface area (TPSA) is 44.4 Å². The molecule has 0 saturated carbocycles. The van der Waals surface area contributed by atoms with Crippen LogP contribution in [0.1, 0.15) is 31.7 Å². The number of amides is 1. The quantitative estimate of drug-likeness (QED) is 0.705. The Morgan fingerprint density at radius 1 is 1.33 bits per heavy atom. The Kier molecular flexibility index (Phi) is 9.34. The van der Waals surface area contributed by atoms with Crippen molar-refractivity contribution in [3.8, 4) is 0 Å². The molecule has 9 heteroatoms. The number of carbonyl (C=O) groups excluding carboxylic acids is 1. The Morgan fingerprint density at radius 3 is 2.52 bits per heavy atom. The third kappa shape index (κ3) is 6.82. The molecular formula is C18H26Cl2F3N3O. The molecule has 1 unspecified atom stereocenters. The van der Waals surface area contributed by atoms with Gasteiger partial charge in [0.2, 0.25) is 5.91 Å². The van der Waals surface area contributed by atoms with Crippen molar-refractivity contribution in [1.82, 2.24) is 10.2 Å². The highest BCUT2D eigenvalue weighted by Gasteiger charge is 2.35. The minimum atomic E-state index is -4.58. The lowest BCUT2D eigenvalue weighted by atomic mass is 9.93. The van der Waals surface area contributed by atoms with Crippen LogP contribution in [0.2, 0.25) is 5.02 Å². The predicted octanol–water partition coefficient (Wildman–Crippen LogP) is 4.43. The van der Waals surface area contributed by atoms with E-state index in [-0.39, 0.29) is 23.1 Å². The second-order valence-electron chi connectivity index (χ2n) is 6.72. The molecule has 0 aromatic heterocycles. The molecule has 0 spiro atoms. The van der Waals surface area contributed by atoms with Crippen molar-refractivity contribution in [2.75, 3.05) is 32.0 Å². The van der Waals surface area contributed by atoms with Gasteiger partial charge in [0.1, 0.15) is 0 Å². The number of anilines is 1. The number of rotatable bonds is 6. The lowest BCUT2D eigenvalue weighted by Crippen LogP contribution is -2.46. The largest absolute Gasteiger partial charge is 0.418 e. The summed E-state index contributed by atoms with van der Waals surface area (Å²) in [7, 11) is 1.92. The summed E-state index contributed by atoms with van der Waals surface area (Å²) in [6, 6.07) is 2.87. The molecule has 27 heavy (non-hydrogen) atoms. The van der Waals surface area contributed by atoms with E-state index >= 15 is 0 Å². The SMILES string of the molecule is CNCCC1CCN(C(C)C(=O)Nc2ccc(Cl)cc2C(F)(F)F)CC1.Cl. The van der Waals surface area contributed by atoms with Crippen molar-refractivity contribution in [1.29, 1.82) is 0 Å². The number of alkyl halides is 3. The van der Waals surface area contributed by atoms with E-state index in [9.17, 15) is 18.0 Å². The molecule has 0 radical (unpaired) electrons. The standard InChI is InChI=1S/C18H25ClF3N3O.ClH/c1-12(25-9-6-13(7-10-25)5-8-23-2)17(26)24-16-4-3-14(19)11-15(16)18(20,21)22;/h3-4,11-13,23H,5-10H2,1-2H3,(H,24,26);1H. The molecule has 1 aliphatic heterocycles. The smallest absolute Gasteiger partial charge is 0.324 e. The monoisotopic (exact) mass is 427 g/mol. The maximum Gasteiger partial charge on any atom is 0.418 e. The minimum Gasteiger partial charge on any atom is -0.324 e. The van der Waals surface area contributed by atoms with Crippen molar-refractivity contribution in [3.05, 3.63) is 28.8 Å². The molecule has 1 fully saturated rings. The number of nitrogens with one attached hydrogen (secondary N) is 2. The maximum absolute atomic E-state index is 13.2. The van der Waals surface area contributed by atoms with E-state index < -0.39 is 23.7 Å². The van der Waals surface area contributed by atoms with Crippen LogP contribution in [0.5, 0.6) is 0 Å². The molecule has 1 aromatic rings. The molecule has 0 aliphatic carbocycles. The van der Waals surface area contributed by atoms with Gasteiger partial charge in [-0.2, -0.15) is 13.2 Å². The van der Waals surface area contributed by atoms with Gasteiger partial charge in [0, 0.05) is 5.02 Å². The van der Waals surface area contributed by atoms with E-state index in [2.05, 4.69) is 10.6 Å². The van der Waals surface area contributed by atoms with Crippen LogP contribution in [-0.4, -0.2) is 43.5 Å².